The molecule has 10 nitrogen and oxygen atoms in total. The topological polar surface area (TPSA) is 131 Å². The summed E-state index contributed by atoms with van der Waals surface area (Å²) in [4.78, 5) is 12.9. The highest BCUT2D eigenvalue weighted by Gasteiger charge is 2.22. The second-order valence-corrected chi connectivity index (χ2v) is 12.6. The minimum Gasteiger partial charge on any atom is -0.497 e. The molecule has 4 aromatic carbocycles. The van der Waals surface area contributed by atoms with Gasteiger partial charge >= 0.3 is 0 Å². The lowest BCUT2D eigenvalue weighted by Gasteiger charge is -2.20. The standard InChI is InChI=1S/C29H29N3O7S2/c1-20-5-18-28(39-4)27(19-20)31-40(34,35)25-14-8-22(9-15-25)30-29(33)21-6-10-23(11-7-21)32(2)41(36,37)26-16-12-24(38-3)13-17-26/h5-19,31H,1-4H3,(H,30,33). The number of rotatable bonds is 10. The first-order valence-electron chi connectivity index (χ1n) is 12.3. The van der Waals surface area contributed by atoms with E-state index in [-0.39, 0.29) is 15.4 Å². The molecule has 0 saturated carbocycles. The van der Waals surface area contributed by atoms with Gasteiger partial charge in [0.2, 0.25) is 0 Å². The Hall–Kier alpha value is -4.55. The third-order valence-electron chi connectivity index (χ3n) is 6.23. The Morgan fingerprint density at radius 1 is 0.756 bits per heavy atom. The third kappa shape index (κ3) is 6.61. The molecule has 0 aromatic heterocycles. The molecule has 0 radical (unpaired) electrons. The summed E-state index contributed by atoms with van der Waals surface area (Å²) in [5, 5.41) is 2.71. The maximum atomic E-state index is 13.0. The van der Waals surface area contributed by atoms with E-state index in [9.17, 15) is 21.6 Å². The Balaban J connectivity index is 1.43. The van der Waals surface area contributed by atoms with Gasteiger partial charge in [-0.2, -0.15) is 0 Å². The van der Waals surface area contributed by atoms with Crippen LogP contribution in [0.25, 0.3) is 0 Å². The fourth-order valence-corrected chi connectivity index (χ4v) is 6.15. The van der Waals surface area contributed by atoms with Gasteiger partial charge in [-0.05, 0) is 97.4 Å². The van der Waals surface area contributed by atoms with Gasteiger partial charge in [-0.25, -0.2) is 16.8 Å². The molecule has 0 aliphatic heterocycles. The van der Waals surface area contributed by atoms with Crippen LogP contribution < -0.4 is 23.8 Å². The lowest BCUT2D eigenvalue weighted by atomic mass is 10.2. The van der Waals surface area contributed by atoms with Crippen LogP contribution in [-0.2, 0) is 20.0 Å². The minimum atomic E-state index is -3.91. The molecule has 4 aromatic rings. The van der Waals surface area contributed by atoms with E-state index in [1.807, 2.05) is 13.0 Å². The van der Waals surface area contributed by atoms with Gasteiger partial charge in [-0.15, -0.1) is 0 Å². The number of ether oxygens (including phenoxy) is 2. The Kier molecular flexibility index (Phi) is 8.55. The molecule has 0 heterocycles. The van der Waals surface area contributed by atoms with Crippen LogP contribution in [0.1, 0.15) is 15.9 Å². The van der Waals surface area contributed by atoms with E-state index in [4.69, 9.17) is 9.47 Å². The second kappa shape index (κ2) is 11.9. The van der Waals surface area contributed by atoms with Crippen LogP contribution in [0.15, 0.2) is 101 Å². The largest absolute Gasteiger partial charge is 0.497 e. The summed E-state index contributed by atoms with van der Waals surface area (Å²) in [6.45, 7) is 1.84. The lowest BCUT2D eigenvalue weighted by molar-refractivity contribution is 0.102. The summed E-state index contributed by atoms with van der Waals surface area (Å²) in [5.41, 5.74) is 2.21. The molecule has 0 fully saturated rings. The Bertz CT molecular complexity index is 1760. The number of methoxy groups -OCH3 is 2. The van der Waals surface area contributed by atoms with Crippen LogP contribution in [0.5, 0.6) is 11.5 Å². The van der Waals surface area contributed by atoms with Crippen LogP contribution in [0.4, 0.5) is 17.1 Å². The molecule has 0 bridgehead atoms. The van der Waals surface area contributed by atoms with Crippen LogP contribution in [-0.4, -0.2) is 44.0 Å². The zero-order valence-corrected chi connectivity index (χ0v) is 24.4. The quantitative estimate of drug-likeness (QED) is 0.267. The number of benzene rings is 4. The first-order valence-corrected chi connectivity index (χ1v) is 15.2. The van der Waals surface area contributed by atoms with E-state index >= 15 is 0 Å². The summed E-state index contributed by atoms with van der Waals surface area (Å²) in [5.74, 6) is 0.479. The number of amides is 1. The van der Waals surface area contributed by atoms with Crippen molar-refractivity contribution >= 4 is 43.0 Å². The van der Waals surface area contributed by atoms with Crippen LogP contribution in [0.3, 0.4) is 0 Å². The van der Waals surface area contributed by atoms with Gasteiger partial charge in [0.1, 0.15) is 11.5 Å². The molecule has 41 heavy (non-hydrogen) atoms. The molecule has 12 heteroatoms. The minimum absolute atomic E-state index is 0.00418. The highest BCUT2D eigenvalue weighted by molar-refractivity contribution is 7.93. The van der Waals surface area contributed by atoms with Crippen molar-refractivity contribution in [1.29, 1.82) is 0 Å². The van der Waals surface area contributed by atoms with E-state index in [2.05, 4.69) is 10.0 Å². The van der Waals surface area contributed by atoms with Crippen molar-refractivity contribution in [2.24, 2.45) is 0 Å². The van der Waals surface area contributed by atoms with E-state index in [0.717, 1.165) is 9.87 Å². The smallest absolute Gasteiger partial charge is 0.264 e. The van der Waals surface area contributed by atoms with Crippen molar-refractivity contribution in [2.75, 3.05) is 35.6 Å². The number of carbonyl (C=O) groups is 1. The first kappa shape index (κ1) is 29.4. The SMILES string of the molecule is COc1ccc(S(=O)(=O)N(C)c2ccc(C(=O)Nc3ccc(S(=O)(=O)Nc4cc(C)ccc4OC)cc3)cc2)cc1. The van der Waals surface area contributed by atoms with Gasteiger partial charge < -0.3 is 14.8 Å². The van der Waals surface area contributed by atoms with E-state index in [1.165, 1.54) is 81.9 Å². The van der Waals surface area contributed by atoms with Crippen molar-refractivity contribution in [3.05, 3.63) is 102 Å². The van der Waals surface area contributed by atoms with E-state index in [1.54, 1.807) is 24.3 Å². The van der Waals surface area contributed by atoms with Gasteiger partial charge in [0.25, 0.3) is 26.0 Å². The number of anilines is 3. The molecule has 2 N–H and O–H groups in total. The van der Waals surface area contributed by atoms with E-state index < -0.39 is 26.0 Å². The molecule has 1 amide bonds. The van der Waals surface area contributed by atoms with Gasteiger partial charge in [0, 0.05) is 18.3 Å². The van der Waals surface area contributed by atoms with Crippen LogP contribution in [0, 0.1) is 6.92 Å². The fraction of sp³-hybridized carbons (Fsp3) is 0.138. The number of hydrogen-bond acceptors (Lipinski definition) is 7. The molecule has 0 spiro atoms. The van der Waals surface area contributed by atoms with Crippen molar-refractivity contribution in [2.45, 2.75) is 16.7 Å². The molecule has 0 aliphatic carbocycles. The summed E-state index contributed by atoms with van der Waals surface area (Å²) >= 11 is 0. The Labute approximate surface area is 239 Å². The number of aryl methyl sites for hydroxylation is 1. The van der Waals surface area contributed by atoms with Gasteiger partial charge in [0.15, 0.2) is 0 Å². The Morgan fingerprint density at radius 3 is 1.95 bits per heavy atom. The number of nitrogens with zero attached hydrogens (tertiary/aromatic N) is 1. The zero-order valence-electron chi connectivity index (χ0n) is 22.8. The molecule has 0 unspecified atom stereocenters. The lowest BCUT2D eigenvalue weighted by Crippen LogP contribution is -2.26. The van der Waals surface area contributed by atoms with Gasteiger partial charge in [-0.3, -0.25) is 13.8 Å². The predicted molar refractivity (Wildman–Crippen MR) is 158 cm³/mol. The molecular weight excluding hydrogens is 566 g/mol. The average Bonchev–Trinajstić information content (AvgIpc) is 2.97. The van der Waals surface area contributed by atoms with Crippen molar-refractivity contribution in [3.8, 4) is 11.5 Å². The Morgan fingerprint density at radius 2 is 1.37 bits per heavy atom. The maximum Gasteiger partial charge on any atom is 0.264 e. The molecule has 0 saturated heterocycles. The van der Waals surface area contributed by atoms with Crippen molar-refractivity contribution in [1.82, 2.24) is 0 Å². The normalized spacial score (nSPS) is 11.4. The summed E-state index contributed by atoms with van der Waals surface area (Å²) in [6.07, 6.45) is 0. The van der Waals surface area contributed by atoms with Gasteiger partial charge in [-0.1, -0.05) is 6.07 Å². The molecule has 214 valence electrons. The average molecular weight is 596 g/mol. The summed E-state index contributed by atoms with van der Waals surface area (Å²) in [6, 6.07) is 23.0. The van der Waals surface area contributed by atoms with Crippen LogP contribution >= 0.6 is 0 Å². The number of nitrogens with one attached hydrogen (secondary N) is 2. The molecule has 0 aliphatic rings. The number of carbonyl (C=O) groups excluding carboxylic acids is 1. The van der Waals surface area contributed by atoms with Crippen LogP contribution in [0.2, 0.25) is 0 Å². The highest BCUT2D eigenvalue weighted by Crippen LogP contribution is 2.28. The van der Waals surface area contributed by atoms with Gasteiger partial charge in [0.05, 0.1) is 35.4 Å². The third-order valence-corrected chi connectivity index (χ3v) is 9.41. The molecule has 4 rings (SSSR count). The predicted octanol–water partition coefficient (Wildman–Crippen LogP) is 4.89. The second-order valence-electron chi connectivity index (χ2n) is 8.98. The number of hydrogen-bond donors (Lipinski definition) is 2. The molecular formula is C29H29N3O7S2. The zero-order chi connectivity index (χ0) is 29.8. The van der Waals surface area contributed by atoms with Crippen molar-refractivity contribution in [3.63, 3.8) is 0 Å². The first-order chi connectivity index (χ1) is 19.4. The summed E-state index contributed by atoms with van der Waals surface area (Å²) < 4.78 is 65.8. The van der Waals surface area contributed by atoms with E-state index in [0.29, 0.717) is 28.6 Å². The number of sulfonamides is 2. The maximum absolute atomic E-state index is 13.0. The highest BCUT2D eigenvalue weighted by atomic mass is 32.2. The fourth-order valence-electron chi connectivity index (χ4n) is 3.89. The van der Waals surface area contributed by atoms with Crippen molar-refractivity contribution < 1.29 is 31.1 Å². The monoisotopic (exact) mass is 595 g/mol. The summed E-state index contributed by atoms with van der Waals surface area (Å²) in [7, 11) is -3.36. The molecule has 0 atom stereocenters.